The lowest BCUT2D eigenvalue weighted by Crippen LogP contribution is -2.38. The molecule has 1 aromatic carbocycles. The first-order valence-electron chi connectivity index (χ1n) is 5.25. The van der Waals surface area contributed by atoms with Gasteiger partial charge in [-0.05, 0) is 24.3 Å². The van der Waals surface area contributed by atoms with Crippen LogP contribution in [-0.4, -0.2) is 23.5 Å². The number of benzene rings is 1. The summed E-state index contributed by atoms with van der Waals surface area (Å²) in [4.78, 5) is 10.9. The molecule has 17 heavy (non-hydrogen) atoms. The van der Waals surface area contributed by atoms with Crippen LogP contribution < -0.4 is 4.74 Å². The van der Waals surface area contributed by atoms with Crippen molar-refractivity contribution < 1.29 is 19.4 Å². The molecule has 0 bridgehead atoms. The van der Waals surface area contributed by atoms with E-state index < -0.39 is 5.79 Å². The van der Waals surface area contributed by atoms with E-state index in [2.05, 4.69) is 0 Å². The van der Waals surface area contributed by atoms with Gasteiger partial charge in [0.05, 0.1) is 0 Å². The highest BCUT2D eigenvalue weighted by Crippen LogP contribution is 2.19. The monoisotopic (exact) mass is 258 g/mol. The summed E-state index contributed by atoms with van der Waals surface area (Å²) in [7, 11) is 0. The number of carbonyl (C=O) groups is 1. The molecular formula is C12H15ClO4. The SMILES string of the molecule is CCC(=O)OCC(C)(O)Oc1ccc(Cl)cc1. The van der Waals surface area contributed by atoms with Crippen LogP contribution in [0.3, 0.4) is 0 Å². The Hall–Kier alpha value is -1.26. The van der Waals surface area contributed by atoms with Crippen LogP contribution in [0.5, 0.6) is 5.75 Å². The molecule has 94 valence electrons. The number of aliphatic hydroxyl groups is 1. The van der Waals surface area contributed by atoms with E-state index in [9.17, 15) is 9.90 Å². The van der Waals surface area contributed by atoms with Crippen molar-refractivity contribution in [1.29, 1.82) is 0 Å². The zero-order chi connectivity index (χ0) is 12.9. The molecule has 0 amide bonds. The van der Waals surface area contributed by atoms with E-state index in [1.54, 1.807) is 31.2 Å². The maximum absolute atomic E-state index is 10.9. The lowest BCUT2D eigenvalue weighted by Gasteiger charge is -2.24. The summed E-state index contributed by atoms with van der Waals surface area (Å²) < 4.78 is 10.1. The van der Waals surface area contributed by atoms with Gasteiger partial charge in [-0.3, -0.25) is 4.79 Å². The Morgan fingerprint density at radius 3 is 2.53 bits per heavy atom. The Kier molecular flexibility index (Phi) is 4.78. The van der Waals surface area contributed by atoms with Gasteiger partial charge in [0, 0.05) is 18.4 Å². The molecular weight excluding hydrogens is 244 g/mol. The highest BCUT2D eigenvalue weighted by Gasteiger charge is 2.24. The van der Waals surface area contributed by atoms with Crippen molar-refractivity contribution in [2.45, 2.75) is 26.1 Å². The highest BCUT2D eigenvalue weighted by molar-refractivity contribution is 6.30. The third-order valence-electron chi connectivity index (χ3n) is 1.94. The zero-order valence-electron chi connectivity index (χ0n) is 9.77. The Bertz CT molecular complexity index is 373. The second-order valence-corrected chi connectivity index (χ2v) is 4.18. The maximum Gasteiger partial charge on any atom is 0.305 e. The minimum Gasteiger partial charge on any atom is -0.459 e. The van der Waals surface area contributed by atoms with E-state index in [0.717, 1.165) is 0 Å². The van der Waals surface area contributed by atoms with Crippen LogP contribution in [0, 0.1) is 0 Å². The molecule has 1 aromatic rings. The molecule has 4 nitrogen and oxygen atoms in total. The van der Waals surface area contributed by atoms with Crippen LogP contribution in [-0.2, 0) is 9.53 Å². The maximum atomic E-state index is 10.9. The van der Waals surface area contributed by atoms with E-state index in [1.807, 2.05) is 0 Å². The van der Waals surface area contributed by atoms with E-state index in [1.165, 1.54) is 6.92 Å². The smallest absolute Gasteiger partial charge is 0.305 e. The van der Waals surface area contributed by atoms with E-state index in [4.69, 9.17) is 21.1 Å². The Morgan fingerprint density at radius 2 is 2.00 bits per heavy atom. The van der Waals surface area contributed by atoms with Crippen LogP contribution >= 0.6 is 11.6 Å². The predicted octanol–water partition coefficient (Wildman–Crippen LogP) is 2.38. The lowest BCUT2D eigenvalue weighted by molar-refractivity contribution is -0.179. The largest absolute Gasteiger partial charge is 0.459 e. The molecule has 0 saturated carbocycles. The molecule has 0 aliphatic heterocycles. The minimum atomic E-state index is -1.56. The van der Waals surface area contributed by atoms with Gasteiger partial charge in [-0.1, -0.05) is 18.5 Å². The van der Waals surface area contributed by atoms with Gasteiger partial charge in [0.2, 0.25) is 5.79 Å². The first-order chi connectivity index (χ1) is 7.93. The quantitative estimate of drug-likeness (QED) is 0.651. The molecule has 0 radical (unpaired) electrons. The zero-order valence-corrected chi connectivity index (χ0v) is 10.5. The van der Waals surface area contributed by atoms with Crippen molar-refractivity contribution in [1.82, 2.24) is 0 Å². The van der Waals surface area contributed by atoms with Crippen LogP contribution in [0.1, 0.15) is 20.3 Å². The summed E-state index contributed by atoms with van der Waals surface area (Å²) in [6, 6.07) is 6.53. The first-order valence-corrected chi connectivity index (χ1v) is 5.63. The average molecular weight is 259 g/mol. The average Bonchev–Trinajstić information content (AvgIpc) is 2.29. The fourth-order valence-electron chi connectivity index (χ4n) is 1.10. The summed E-state index contributed by atoms with van der Waals surface area (Å²) in [6.45, 7) is 2.88. The number of esters is 1. The van der Waals surface area contributed by atoms with Gasteiger partial charge in [0.15, 0.2) is 6.61 Å². The molecule has 1 rings (SSSR count). The second-order valence-electron chi connectivity index (χ2n) is 3.75. The molecule has 0 saturated heterocycles. The number of rotatable bonds is 5. The van der Waals surface area contributed by atoms with E-state index >= 15 is 0 Å². The van der Waals surface area contributed by atoms with Crippen molar-refractivity contribution in [2.75, 3.05) is 6.61 Å². The molecule has 0 aliphatic carbocycles. The summed E-state index contributed by atoms with van der Waals surface area (Å²) in [5, 5.41) is 10.4. The highest BCUT2D eigenvalue weighted by atomic mass is 35.5. The molecule has 1 N–H and O–H groups in total. The summed E-state index contributed by atoms with van der Waals surface area (Å²) >= 11 is 5.72. The van der Waals surface area contributed by atoms with Crippen molar-refractivity contribution in [3.05, 3.63) is 29.3 Å². The van der Waals surface area contributed by atoms with Gasteiger partial charge < -0.3 is 14.6 Å². The molecule has 1 unspecified atom stereocenters. The van der Waals surface area contributed by atoms with Gasteiger partial charge in [-0.15, -0.1) is 0 Å². The number of ether oxygens (including phenoxy) is 2. The summed E-state index contributed by atoms with van der Waals surface area (Å²) in [5.41, 5.74) is 0. The molecule has 5 heteroatoms. The van der Waals surface area contributed by atoms with Gasteiger partial charge in [-0.2, -0.15) is 0 Å². The van der Waals surface area contributed by atoms with Gasteiger partial charge in [0.25, 0.3) is 0 Å². The van der Waals surface area contributed by atoms with Crippen molar-refractivity contribution >= 4 is 17.6 Å². The Balaban J connectivity index is 2.53. The first kappa shape index (κ1) is 13.8. The van der Waals surface area contributed by atoms with Crippen LogP contribution in [0.4, 0.5) is 0 Å². The second kappa shape index (κ2) is 5.89. The third-order valence-corrected chi connectivity index (χ3v) is 2.19. The van der Waals surface area contributed by atoms with Crippen molar-refractivity contribution in [3.63, 3.8) is 0 Å². The van der Waals surface area contributed by atoms with Gasteiger partial charge in [0.1, 0.15) is 5.75 Å². The third kappa shape index (κ3) is 5.06. The standard InChI is InChI=1S/C12H15ClO4/c1-3-11(14)16-8-12(2,15)17-10-6-4-9(13)5-7-10/h4-7,15H,3,8H2,1-2H3. The van der Waals surface area contributed by atoms with Crippen LogP contribution in [0.25, 0.3) is 0 Å². The summed E-state index contributed by atoms with van der Waals surface area (Å²) in [6.07, 6.45) is 0.261. The summed E-state index contributed by atoms with van der Waals surface area (Å²) in [5.74, 6) is -1.49. The molecule has 0 heterocycles. The van der Waals surface area contributed by atoms with Crippen molar-refractivity contribution in [3.8, 4) is 5.75 Å². The molecule has 0 aliphatic rings. The lowest BCUT2D eigenvalue weighted by atomic mass is 10.3. The van der Waals surface area contributed by atoms with Gasteiger partial charge in [-0.25, -0.2) is 0 Å². The number of halogens is 1. The molecule has 0 fully saturated rings. The number of hydrogen-bond acceptors (Lipinski definition) is 4. The van der Waals surface area contributed by atoms with E-state index in [0.29, 0.717) is 10.8 Å². The number of hydrogen-bond donors (Lipinski definition) is 1. The van der Waals surface area contributed by atoms with Crippen molar-refractivity contribution in [2.24, 2.45) is 0 Å². The molecule has 0 aromatic heterocycles. The minimum absolute atomic E-state index is 0.220. The predicted molar refractivity (Wildman–Crippen MR) is 64.0 cm³/mol. The fraction of sp³-hybridized carbons (Fsp3) is 0.417. The number of carbonyl (C=O) groups excluding carboxylic acids is 1. The van der Waals surface area contributed by atoms with Crippen LogP contribution in [0.15, 0.2) is 24.3 Å². The Morgan fingerprint density at radius 1 is 1.41 bits per heavy atom. The van der Waals surface area contributed by atoms with Crippen LogP contribution in [0.2, 0.25) is 5.02 Å². The Labute approximate surface area is 105 Å². The molecule has 0 spiro atoms. The van der Waals surface area contributed by atoms with Gasteiger partial charge >= 0.3 is 5.97 Å². The van der Waals surface area contributed by atoms with E-state index in [-0.39, 0.29) is 19.0 Å². The normalized spacial score (nSPS) is 13.9. The topological polar surface area (TPSA) is 55.8 Å². The fourth-order valence-corrected chi connectivity index (χ4v) is 1.23. The molecule has 1 atom stereocenters.